The minimum atomic E-state index is -0.600. The summed E-state index contributed by atoms with van der Waals surface area (Å²) in [5.74, 6) is -0.663. The molecule has 0 aliphatic heterocycles. The van der Waals surface area contributed by atoms with E-state index in [0.29, 0.717) is 21.7 Å². The number of hydrogen-bond donors (Lipinski definition) is 2. The third-order valence-corrected chi connectivity index (χ3v) is 6.22. The van der Waals surface area contributed by atoms with Crippen LogP contribution in [0.5, 0.6) is 0 Å². The zero-order valence-corrected chi connectivity index (χ0v) is 20.7. The van der Waals surface area contributed by atoms with Crippen molar-refractivity contribution in [3.63, 3.8) is 0 Å². The number of aryl methyl sites for hydroxylation is 1. The van der Waals surface area contributed by atoms with Crippen LogP contribution in [0.3, 0.4) is 0 Å². The van der Waals surface area contributed by atoms with Crippen molar-refractivity contribution in [2.45, 2.75) is 31.6 Å². The summed E-state index contributed by atoms with van der Waals surface area (Å²) in [5.41, 5.74) is 10.1. The van der Waals surface area contributed by atoms with Crippen molar-refractivity contribution < 1.29 is 4.39 Å². The highest BCUT2D eigenvalue weighted by Gasteiger charge is 2.31. The highest BCUT2D eigenvalue weighted by Crippen LogP contribution is 2.41. The van der Waals surface area contributed by atoms with Gasteiger partial charge in [0.2, 0.25) is 0 Å². The zero-order chi connectivity index (χ0) is 22.9. The van der Waals surface area contributed by atoms with E-state index in [4.69, 9.17) is 28.9 Å². The molecular formula is C25H24BrCl2FN2. The van der Waals surface area contributed by atoms with Crippen LogP contribution in [0.25, 0.3) is 11.1 Å². The first-order valence-electron chi connectivity index (χ1n) is 9.73. The fraction of sp³-hybridized carbons (Fsp3) is 0.200. The molecule has 0 fully saturated rings. The van der Waals surface area contributed by atoms with E-state index < -0.39 is 10.7 Å². The predicted octanol–water partition coefficient (Wildman–Crippen LogP) is 8.53. The SMILES string of the molecule is C=C(Nc1ccc(Cl)c(-c2ccc(C)c(N)c2F)c1)C(c1cccc(Br)c1)C(C)(C)Cl. The van der Waals surface area contributed by atoms with E-state index in [1.165, 1.54) is 0 Å². The Morgan fingerprint density at radius 3 is 2.48 bits per heavy atom. The Morgan fingerprint density at radius 1 is 1.13 bits per heavy atom. The molecule has 0 aromatic heterocycles. The van der Waals surface area contributed by atoms with Crippen LogP contribution >= 0.6 is 39.1 Å². The Morgan fingerprint density at radius 2 is 1.84 bits per heavy atom. The first-order valence-corrected chi connectivity index (χ1v) is 11.3. The molecule has 0 spiro atoms. The van der Waals surface area contributed by atoms with Gasteiger partial charge in [0.1, 0.15) is 0 Å². The summed E-state index contributed by atoms with van der Waals surface area (Å²) < 4.78 is 15.8. The molecule has 3 aromatic rings. The Hall–Kier alpha value is -2.01. The number of halogens is 4. The summed E-state index contributed by atoms with van der Waals surface area (Å²) in [6, 6.07) is 16.8. The van der Waals surface area contributed by atoms with E-state index in [-0.39, 0.29) is 11.6 Å². The molecule has 31 heavy (non-hydrogen) atoms. The lowest BCUT2D eigenvalue weighted by Crippen LogP contribution is -2.27. The van der Waals surface area contributed by atoms with Gasteiger partial charge in [0, 0.05) is 37.9 Å². The lowest BCUT2D eigenvalue weighted by atomic mass is 9.85. The topological polar surface area (TPSA) is 38.0 Å². The van der Waals surface area contributed by atoms with E-state index in [2.05, 4.69) is 27.8 Å². The number of alkyl halides is 1. The van der Waals surface area contributed by atoms with Crippen LogP contribution < -0.4 is 11.1 Å². The molecule has 3 aromatic carbocycles. The summed E-state index contributed by atoms with van der Waals surface area (Å²) in [7, 11) is 0. The molecule has 6 heteroatoms. The summed E-state index contributed by atoms with van der Waals surface area (Å²) >= 11 is 16.7. The number of benzene rings is 3. The Labute approximate surface area is 201 Å². The van der Waals surface area contributed by atoms with E-state index >= 15 is 0 Å². The molecular weight excluding hydrogens is 498 g/mol. The molecule has 0 heterocycles. The van der Waals surface area contributed by atoms with Gasteiger partial charge in [0.25, 0.3) is 0 Å². The van der Waals surface area contributed by atoms with Gasteiger partial charge < -0.3 is 11.1 Å². The predicted molar refractivity (Wildman–Crippen MR) is 136 cm³/mol. The third-order valence-electron chi connectivity index (χ3n) is 5.18. The number of hydrogen-bond acceptors (Lipinski definition) is 2. The largest absolute Gasteiger partial charge is 0.396 e. The molecule has 0 bridgehead atoms. The van der Waals surface area contributed by atoms with Gasteiger partial charge in [-0.3, -0.25) is 0 Å². The summed E-state index contributed by atoms with van der Waals surface area (Å²) in [6.07, 6.45) is 0. The third kappa shape index (κ3) is 5.25. The van der Waals surface area contributed by atoms with Crippen molar-refractivity contribution in [2.75, 3.05) is 11.1 Å². The molecule has 0 radical (unpaired) electrons. The van der Waals surface area contributed by atoms with Gasteiger partial charge in [-0.1, -0.05) is 58.4 Å². The standard InChI is InChI=1S/C25H24BrCl2FN2/c1-14-8-10-19(23(29)24(14)30)20-13-18(9-11-21(20)27)31-15(2)22(25(3,4)28)16-6-5-7-17(26)12-16/h5-13,22,31H,2,30H2,1,3-4H3. The highest BCUT2D eigenvalue weighted by molar-refractivity contribution is 9.10. The zero-order valence-electron chi connectivity index (χ0n) is 17.6. The van der Waals surface area contributed by atoms with Gasteiger partial charge in [-0.05, 0) is 62.2 Å². The smallest absolute Gasteiger partial charge is 0.154 e. The molecule has 2 nitrogen and oxygen atoms in total. The lowest BCUT2D eigenvalue weighted by Gasteiger charge is -2.31. The quantitative estimate of drug-likeness (QED) is 0.252. The highest BCUT2D eigenvalue weighted by atomic mass is 79.9. The molecule has 1 unspecified atom stereocenters. The maximum atomic E-state index is 14.8. The monoisotopic (exact) mass is 520 g/mol. The van der Waals surface area contributed by atoms with E-state index in [9.17, 15) is 4.39 Å². The van der Waals surface area contributed by atoms with Crippen LogP contribution in [0.4, 0.5) is 15.8 Å². The summed E-state index contributed by atoms with van der Waals surface area (Å²) in [5, 5.41) is 3.77. The number of allylic oxidation sites excluding steroid dienone is 1. The first-order chi connectivity index (χ1) is 14.5. The fourth-order valence-electron chi connectivity index (χ4n) is 3.66. The summed E-state index contributed by atoms with van der Waals surface area (Å²) in [6.45, 7) is 9.92. The van der Waals surface area contributed by atoms with E-state index in [0.717, 1.165) is 21.4 Å². The maximum absolute atomic E-state index is 14.8. The normalized spacial score (nSPS) is 12.5. The fourth-order valence-corrected chi connectivity index (χ4v) is 4.56. The molecule has 0 saturated heterocycles. The average molecular weight is 522 g/mol. The number of nitrogens with two attached hydrogens (primary N) is 1. The van der Waals surface area contributed by atoms with Crippen LogP contribution in [-0.4, -0.2) is 4.87 Å². The molecule has 0 aliphatic rings. The van der Waals surface area contributed by atoms with Crippen LogP contribution in [0.15, 0.2) is 71.3 Å². The number of anilines is 2. The minimum Gasteiger partial charge on any atom is -0.396 e. The minimum absolute atomic E-state index is 0.120. The second-order valence-electron chi connectivity index (χ2n) is 8.05. The van der Waals surface area contributed by atoms with Crippen LogP contribution in [0.1, 0.15) is 30.9 Å². The Kier molecular flexibility index (Phi) is 7.04. The number of rotatable bonds is 6. The van der Waals surface area contributed by atoms with Crippen molar-refractivity contribution in [3.8, 4) is 11.1 Å². The second kappa shape index (κ2) is 9.23. The van der Waals surface area contributed by atoms with E-state index in [1.807, 2.05) is 44.2 Å². The Bertz CT molecular complexity index is 1140. The number of nitrogen functional groups attached to an aromatic ring is 1. The van der Waals surface area contributed by atoms with E-state index in [1.54, 1.807) is 31.2 Å². The lowest BCUT2D eigenvalue weighted by molar-refractivity contribution is 0.599. The Balaban J connectivity index is 1.98. The van der Waals surface area contributed by atoms with Crippen molar-refractivity contribution in [3.05, 3.63) is 93.3 Å². The van der Waals surface area contributed by atoms with Gasteiger partial charge in [0.15, 0.2) is 5.82 Å². The van der Waals surface area contributed by atoms with Crippen LogP contribution in [0, 0.1) is 12.7 Å². The average Bonchev–Trinajstić information content (AvgIpc) is 2.67. The van der Waals surface area contributed by atoms with Gasteiger partial charge in [-0.15, -0.1) is 11.6 Å². The number of nitrogens with one attached hydrogen (secondary N) is 1. The van der Waals surface area contributed by atoms with Gasteiger partial charge in [0.05, 0.1) is 10.6 Å². The first kappa shape index (κ1) is 23.6. The summed E-state index contributed by atoms with van der Waals surface area (Å²) in [4.78, 5) is -0.600. The molecule has 0 amide bonds. The maximum Gasteiger partial charge on any atom is 0.154 e. The van der Waals surface area contributed by atoms with Gasteiger partial charge in [-0.2, -0.15) is 0 Å². The van der Waals surface area contributed by atoms with Crippen molar-refractivity contribution in [2.24, 2.45) is 0 Å². The second-order valence-corrected chi connectivity index (χ2v) is 10.4. The molecule has 1 atom stereocenters. The molecule has 3 rings (SSSR count). The van der Waals surface area contributed by atoms with Crippen LogP contribution in [-0.2, 0) is 0 Å². The van der Waals surface area contributed by atoms with Crippen molar-refractivity contribution in [1.29, 1.82) is 0 Å². The molecule has 162 valence electrons. The molecule has 0 aliphatic carbocycles. The van der Waals surface area contributed by atoms with Gasteiger partial charge >= 0.3 is 0 Å². The molecule has 0 saturated carbocycles. The van der Waals surface area contributed by atoms with Crippen molar-refractivity contribution in [1.82, 2.24) is 0 Å². The van der Waals surface area contributed by atoms with Crippen LogP contribution in [0.2, 0.25) is 5.02 Å². The van der Waals surface area contributed by atoms with Gasteiger partial charge in [-0.25, -0.2) is 4.39 Å². The molecule has 3 N–H and O–H groups in total. The van der Waals surface area contributed by atoms with Crippen molar-refractivity contribution >= 4 is 50.5 Å².